The van der Waals surface area contributed by atoms with Crippen LogP contribution in [-0.4, -0.2) is 26.2 Å². The molecule has 2 N–H and O–H groups in total. The van der Waals surface area contributed by atoms with Gasteiger partial charge in [-0.25, -0.2) is 13.1 Å². The Hall–Kier alpha value is -0.620. The highest BCUT2D eigenvalue weighted by molar-refractivity contribution is 7.89. The van der Waals surface area contributed by atoms with E-state index in [1.807, 2.05) is 20.8 Å². The maximum atomic E-state index is 12.2. The van der Waals surface area contributed by atoms with E-state index in [1.165, 1.54) is 6.07 Å². The highest BCUT2D eigenvalue weighted by atomic mass is 35.5. The summed E-state index contributed by atoms with van der Waals surface area (Å²) < 4.78 is 26.9. The first kappa shape index (κ1) is 16.4. The molecule has 19 heavy (non-hydrogen) atoms. The van der Waals surface area contributed by atoms with Crippen molar-refractivity contribution in [1.82, 2.24) is 4.72 Å². The van der Waals surface area contributed by atoms with Crippen LogP contribution in [0.15, 0.2) is 23.1 Å². The van der Waals surface area contributed by atoms with E-state index in [2.05, 4.69) is 4.72 Å². The molecule has 6 heteroatoms. The van der Waals surface area contributed by atoms with Gasteiger partial charge in [0, 0.05) is 6.04 Å². The van der Waals surface area contributed by atoms with Crippen LogP contribution in [0.4, 0.5) is 0 Å². The smallest absolute Gasteiger partial charge is 0.242 e. The molecule has 0 aliphatic heterocycles. The van der Waals surface area contributed by atoms with Gasteiger partial charge in [0.15, 0.2) is 0 Å². The number of rotatable bonds is 6. The minimum atomic E-state index is -3.71. The zero-order valence-corrected chi connectivity index (χ0v) is 12.9. The van der Waals surface area contributed by atoms with Crippen molar-refractivity contribution in [2.45, 2.75) is 38.1 Å². The molecule has 108 valence electrons. The van der Waals surface area contributed by atoms with Crippen LogP contribution in [0.2, 0.25) is 5.02 Å². The van der Waals surface area contributed by atoms with E-state index < -0.39 is 16.1 Å². The number of benzene rings is 1. The van der Waals surface area contributed by atoms with Crippen molar-refractivity contribution in [3.63, 3.8) is 0 Å². The second kappa shape index (κ2) is 6.70. The molecule has 1 atom stereocenters. The van der Waals surface area contributed by atoms with Crippen molar-refractivity contribution in [2.75, 3.05) is 6.61 Å². The van der Waals surface area contributed by atoms with Crippen LogP contribution in [0.5, 0.6) is 0 Å². The summed E-state index contributed by atoms with van der Waals surface area (Å²) in [6.45, 7) is 5.54. The molecule has 1 unspecified atom stereocenters. The first-order valence-corrected chi connectivity index (χ1v) is 8.01. The Morgan fingerprint density at radius 3 is 2.47 bits per heavy atom. The number of sulfonamides is 1. The molecule has 0 bridgehead atoms. The molecule has 0 spiro atoms. The molecule has 0 aliphatic carbocycles. The quantitative estimate of drug-likeness (QED) is 0.847. The van der Waals surface area contributed by atoms with Gasteiger partial charge in [0.2, 0.25) is 10.0 Å². The van der Waals surface area contributed by atoms with Crippen molar-refractivity contribution < 1.29 is 13.5 Å². The van der Waals surface area contributed by atoms with Crippen LogP contribution in [0, 0.1) is 12.8 Å². The molecule has 4 nitrogen and oxygen atoms in total. The van der Waals surface area contributed by atoms with E-state index in [9.17, 15) is 13.5 Å². The van der Waals surface area contributed by atoms with E-state index in [4.69, 9.17) is 11.6 Å². The molecule has 1 rings (SSSR count). The van der Waals surface area contributed by atoms with E-state index in [1.54, 1.807) is 12.1 Å². The largest absolute Gasteiger partial charge is 0.395 e. The zero-order valence-electron chi connectivity index (χ0n) is 11.4. The normalized spacial score (nSPS) is 13.8. The molecule has 0 aliphatic rings. The SMILES string of the molecule is Cc1ccc(S(=O)(=O)NC(CO)CC(C)C)c(Cl)c1. The lowest BCUT2D eigenvalue weighted by molar-refractivity contribution is 0.240. The second-order valence-corrected chi connectivity index (χ2v) is 7.15. The van der Waals surface area contributed by atoms with Gasteiger partial charge in [0.05, 0.1) is 11.6 Å². The van der Waals surface area contributed by atoms with Crippen LogP contribution in [0.3, 0.4) is 0 Å². The third kappa shape index (κ3) is 4.76. The number of hydrogen-bond donors (Lipinski definition) is 2. The first-order chi connectivity index (χ1) is 8.76. The maximum Gasteiger partial charge on any atom is 0.242 e. The lowest BCUT2D eigenvalue weighted by Crippen LogP contribution is -2.38. The number of nitrogens with one attached hydrogen (secondary N) is 1. The van der Waals surface area contributed by atoms with Gasteiger partial charge in [-0.2, -0.15) is 0 Å². The minimum Gasteiger partial charge on any atom is -0.395 e. The average Bonchev–Trinajstić information content (AvgIpc) is 2.26. The van der Waals surface area contributed by atoms with Crippen LogP contribution in [-0.2, 0) is 10.0 Å². The second-order valence-electron chi connectivity index (χ2n) is 5.06. The summed E-state index contributed by atoms with van der Waals surface area (Å²) in [7, 11) is -3.71. The Labute approximate surface area is 119 Å². The Balaban J connectivity index is 2.97. The van der Waals surface area contributed by atoms with Gasteiger partial charge in [-0.15, -0.1) is 0 Å². The van der Waals surface area contributed by atoms with Crippen molar-refractivity contribution in [2.24, 2.45) is 5.92 Å². The molecule has 0 aromatic heterocycles. The number of aliphatic hydroxyl groups excluding tert-OH is 1. The van der Waals surface area contributed by atoms with Gasteiger partial charge in [-0.05, 0) is 37.0 Å². The van der Waals surface area contributed by atoms with Gasteiger partial charge in [0.1, 0.15) is 4.90 Å². The molecule has 0 fully saturated rings. The molecule has 1 aromatic rings. The van der Waals surface area contributed by atoms with Gasteiger partial charge in [-0.3, -0.25) is 0 Å². The number of halogens is 1. The van der Waals surface area contributed by atoms with Crippen LogP contribution >= 0.6 is 11.6 Å². The van der Waals surface area contributed by atoms with Crippen LogP contribution < -0.4 is 4.72 Å². The monoisotopic (exact) mass is 305 g/mol. The summed E-state index contributed by atoms with van der Waals surface area (Å²) in [5, 5.41) is 9.43. The summed E-state index contributed by atoms with van der Waals surface area (Å²) in [5.41, 5.74) is 0.893. The number of aryl methyl sites for hydroxylation is 1. The highest BCUT2D eigenvalue weighted by Gasteiger charge is 2.22. The lowest BCUT2D eigenvalue weighted by Gasteiger charge is -2.18. The predicted molar refractivity (Wildman–Crippen MR) is 76.8 cm³/mol. The van der Waals surface area contributed by atoms with Crippen molar-refractivity contribution in [3.8, 4) is 0 Å². The molecule has 0 heterocycles. The maximum absolute atomic E-state index is 12.2. The minimum absolute atomic E-state index is 0.0435. The van der Waals surface area contributed by atoms with Gasteiger partial charge < -0.3 is 5.11 Å². The third-order valence-electron chi connectivity index (χ3n) is 2.68. The van der Waals surface area contributed by atoms with E-state index in [0.29, 0.717) is 6.42 Å². The van der Waals surface area contributed by atoms with Crippen molar-refractivity contribution >= 4 is 21.6 Å². The Kier molecular flexibility index (Phi) is 5.80. The highest BCUT2D eigenvalue weighted by Crippen LogP contribution is 2.23. The van der Waals surface area contributed by atoms with E-state index in [0.717, 1.165) is 5.56 Å². The molecular formula is C13H20ClNO3S. The van der Waals surface area contributed by atoms with Crippen LogP contribution in [0.1, 0.15) is 25.8 Å². The van der Waals surface area contributed by atoms with Gasteiger partial charge in [-0.1, -0.05) is 31.5 Å². The molecule has 1 aromatic carbocycles. The fraction of sp³-hybridized carbons (Fsp3) is 0.538. The Morgan fingerprint density at radius 1 is 1.37 bits per heavy atom. The average molecular weight is 306 g/mol. The standard InChI is InChI=1S/C13H20ClNO3S/c1-9(2)6-11(8-16)15-19(17,18)13-5-4-10(3)7-12(13)14/h4-5,7,9,11,15-16H,6,8H2,1-3H3. The third-order valence-corrected chi connectivity index (χ3v) is 4.68. The summed E-state index contributed by atoms with van der Waals surface area (Å²) in [5.74, 6) is 0.285. The summed E-state index contributed by atoms with van der Waals surface area (Å²) in [4.78, 5) is 0.0435. The molecule has 0 radical (unpaired) electrons. The topological polar surface area (TPSA) is 66.4 Å². The van der Waals surface area contributed by atoms with Crippen LogP contribution in [0.25, 0.3) is 0 Å². The van der Waals surface area contributed by atoms with Gasteiger partial charge >= 0.3 is 0 Å². The van der Waals surface area contributed by atoms with Crippen molar-refractivity contribution in [3.05, 3.63) is 28.8 Å². The first-order valence-electron chi connectivity index (χ1n) is 6.15. The molecule has 0 saturated carbocycles. The summed E-state index contributed by atoms with van der Waals surface area (Å²) >= 11 is 5.96. The van der Waals surface area contributed by atoms with E-state index >= 15 is 0 Å². The molecule has 0 saturated heterocycles. The Bertz CT molecular complexity index is 529. The van der Waals surface area contributed by atoms with Crippen molar-refractivity contribution in [1.29, 1.82) is 0 Å². The molecule has 0 amide bonds. The molecular weight excluding hydrogens is 286 g/mol. The fourth-order valence-corrected chi connectivity index (χ4v) is 3.67. The number of aliphatic hydroxyl groups is 1. The lowest BCUT2D eigenvalue weighted by atomic mass is 10.1. The predicted octanol–water partition coefficient (Wildman–Crippen LogP) is 2.33. The van der Waals surface area contributed by atoms with Gasteiger partial charge in [0.25, 0.3) is 0 Å². The summed E-state index contributed by atoms with van der Waals surface area (Å²) in [6, 6.07) is 4.27. The Morgan fingerprint density at radius 2 is 2.00 bits per heavy atom. The fourth-order valence-electron chi connectivity index (χ4n) is 1.84. The zero-order chi connectivity index (χ0) is 14.6. The number of hydrogen-bond acceptors (Lipinski definition) is 3. The van der Waals surface area contributed by atoms with E-state index in [-0.39, 0.29) is 22.4 Å². The summed E-state index contributed by atoms with van der Waals surface area (Å²) in [6.07, 6.45) is 0.569.